The van der Waals surface area contributed by atoms with E-state index in [1.54, 1.807) is 0 Å². The van der Waals surface area contributed by atoms with Gasteiger partial charge in [0.25, 0.3) is 0 Å². The molecule has 12 nitrogen and oxygen atoms in total. The van der Waals surface area contributed by atoms with E-state index in [1.165, 1.54) is 167 Å². The van der Waals surface area contributed by atoms with Gasteiger partial charge >= 0.3 is 0 Å². The second-order valence-corrected chi connectivity index (χ2v) is 18.6. The lowest BCUT2D eigenvalue weighted by atomic mass is 10.1. The van der Waals surface area contributed by atoms with Crippen LogP contribution >= 0.6 is 0 Å². The maximum absolute atomic E-state index is 9.40. The molecule has 0 amide bonds. The first kappa shape index (κ1) is 66.3. The molecule has 0 aliphatic rings. The van der Waals surface area contributed by atoms with E-state index < -0.39 is 10.4 Å². The third-order valence-electron chi connectivity index (χ3n) is 12.2. The zero-order valence-corrected chi connectivity index (χ0v) is 41.9. The number of allylic oxidation sites excluding steroid dienone is 4. The average molecular weight is 925 g/mol. The molecule has 0 aliphatic carbocycles. The van der Waals surface area contributed by atoms with Crippen molar-refractivity contribution in [2.45, 2.75) is 206 Å². The fraction of sp³-hybridized carbons (Fsp3) is 0.920. The molecule has 63 heavy (non-hydrogen) atoms. The normalized spacial score (nSPS) is 12.2. The molecule has 0 aromatic heterocycles. The van der Waals surface area contributed by atoms with Gasteiger partial charge in [0.15, 0.2) is 0 Å². The molecule has 0 heterocycles. The number of nitrogens with zero attached hydrogens (tertiary/aromatic N) is 2. The molecular formula is C50H104N2O10S. The van der Waals surface area contributed by atoms with Crippen LogP contribution in [-0.2, 0) is 10.4 Å². The number of unbranched alkanes of at least 4 members (excludes halogenated alkanes) is 24. The van der Waals surface area contributed by atoms with Crippen molar-refractivity contribution in [1.82, 2.24) is 0 Å². The van der Waals surface area contributed by atoms with Gasteiger partial charge in [-0.25, -0.2) is 0 Å². The Kier molecular flexibility index (Phi) is 54.7. The van der Waals surface area contributed by atoms with E-state index in [9.17, 15) is 20.4 Å². The number of hydrogen-bond acceptors (Lipinski definition) is 10. The Labute approximate surface area is 389 Å². The highest BCUT2D eigenvalue weighted by Crippen LogP contribution is 2.16. The summed E-state index contributed by atoms with van der Waals surface area (Å²) in [4.78, 5) is 0. The molecule has 0 aliphatic heterocycles. The Morgan fingerprint density at radius 2 is 0.524 bits per heavy atom. The quantitative estimate of drug-likeness (QED) is 0.0112. The van der Waals surface area contributed by atoms with Gasteiger partial charge in [-0.1, -0.05) is 141 Å². The highest BCUT2D eigenvalue weighted by molar-refractivity contribution is 7.79. The lowest BCUT2D eigenvalue weighted by Crippen LogP contribution is -2.53. The molecular weight excluding hydrogens is 821 g/mol. The van der Waals surface area contributed by atoms with Crippen LogP contribution in [0.15, 0.2) is 24.3 Å². The van der Waals surface area contributed by atoms with Gasteiger partial charge in [-0.3, -0.25) is 8.42 Å². The Morgan fingerprint density at radius 3 is 0.746 bits per heavy atom. The molecule has 0 aromatic carbocycles. The summed E-state index contributed by atoms with van der Waals surface area (Å²) in [7, 11) is -5.17. The van der Waals surface area contributed by atoms with Crippen molar-refractivity contribution < 1.29 is 57.1 Å². The zero-order valence-electron chi connectivity index (χ0n) is 41.0. The largest absolute Gasteiger partial charge is 0.759 e. The van der Waals surface area contributed by atoms with Gasteiger partial charge in [-0.05, 0) is 77.0 Å². The summed E-state index contributed by atoms with van der Waals surface area (Å²) in [6, 6.07) is 0. The molecule has 6 N–H and O–H groups in total. The summed E-state index contributed by atoms with van der Waals surface area (Å²) in [5.74, 6) is 0. The first-order valence-electron chi connectivity index (χ1n) is 25.8. The second-order valence-electron chi connectivity index (χ2n) is 17.8. The van der Waals surface area contributed by atoms with E-state index in [-0.39, 0.29) is 39.6 Å². The topological polar surface area (TPSA) is 202 Å². The zero-order chi connectivity index (χ0) is 47.4. The van der Waals surface area contributed by atoms with Crippen LogP contribution in [0.5, 0.6) is 0 Å². The highest BCUT2D eigenvalue weighted by atomic mass is 32.3. The highest BCUT2D eigenvalue weighted by Gasteiger charge is 2.26. The van der Waals surface area contributed by atoms with Crippen molar-refractivity contribution in [2.24, 2.45) is 0 Å². The smallest absolute Gasteiger partial charge is 0.102 e. The molecule has 0 atom stereocenters. The number of quaternary nitrogens is 2. The van der Waals surface area contributed by atoms with Crippen molar-refractivity contribution in [1.29, 1.82) is 0 Å². The molecule has 0 radical (unpaired) electrons. The molecule has 0 bridgehead atoms. The number of hydrogen-bond donors (Lipinski definition) is 6. The monoisotopic (exact) mass is 925 g/mol. The van der Waals surface area contributed by atoms with E-state index >= 15 is 0 Å². The van der Waals surface area contributed by atoms with E-state index in [4.69, 9.17) is 27.7 Å². The second kappa shape index (κ2) is 52.0. The first-order valence-corrected chi connectivity index (χ1v) is 27.1. The van der Waals surface area contributed by atoms with Crippen LogP contribution in [0.3, 0.4) is 0 Å². The van der Waals surface area contributed by atoms with Crippen LogP contribution in [-0.4, -0.2) is 149 Å². The molecule has 0 aromatic rings. The Morgan fingerprint density at radius 1 is 0.317 bits per heavy atom. The molecule has 0 spiro atoms. The Balaban J connectivity index is -0.00000103. The Bertz CT molecular complexity index is 962. The van der Waals surface area contributed by atoms with Crippen LogP contribution in [0.1, 0.15) is 206 Å². The van der Waals surface area contributed by atoms with Crippen LogP contribution in [0.4, 0.5) is 0 Å². The van der Waals surface area contributed by atoms with Gasteiger partial charge in [0.05, 0.1) is 52.6 Å². The molecule has 0 saturated carbocycles. The van der Waals surface area contributed by atoms with E-state index in [0.29, 0.717) is 26.2 Å². The third-order valence-corrected chi connectivity index (χ3v) is 12.2. The maximum Gasteiger partial charge on any atom is 0.102 e. The van der Waals surface area contributed by atoms with Crippen LogP contribution in [0.2, 0.25) is 0 Å². The molecule has 0 rings (SSSR count). The van der Waals surface area contributed by atoms with Crippen molar-refractivity contribution in [3.63, 3.8) is 0 Å². The lowest BCUT2D eigenvalue weighted by molar-refractivity contribution is -0.929. The fourth-order valence-corrected chi connectivity index (χ4v) is 8.39. The van der Waals surface area contributed by atoms with Gasteiger partial charge in [-0.15, -0.1) is 0 Å². The van der Waals surface area contributed by atoms with Crippen LogP contribution < -0.4 is 0 Å². The van der Waals surface area contributed by atoms with Crippen molar-refractivity contribution >= 4 is 10.4 Å². The maximum atomic E-state index is 9.40. The molecule has 13 heteroatoms. The summed E-state index contributed by atoms with van der Waals surface area (Å²) in [5.41, 5.74) is 0. The van der Waals surface area contributed by atoms with E-state index in [2.05, 4.69) is 38.2 Å². The molecule has 0 unspecified atom stereocenters. The third kappa shape index (κ3) is 53.5. The minimum Gasteiger partial charge on any atom is -0.759 e. The SMILES string of the molecule is CCCCCCCC/C=C\CCCCCCCC[N+](CCO)(CCO)CCCO.CCCCCCCC/C=C\CCCCCCCC[N+](CCO)(CCO)CCCO.O=S(=O)([O-])[O-]. The van der Waals surface area contributed by atoms with Gasteiger partial charge in [0.1, 0.15) is 26.2 Å². The standard InChI is InChI=1S/2C25H52NO3.H2O4S/c2*1-2-3-4-5-6-7-8-9-10-11-12-13-14-15-16-17-19-26(21-24-28,22-25-29)20-18-23-27;1-5(2,3)4/h2*9-10,27-29H,2-8,11-25H2,1H3;(H2,1,2,3,4)/q2*+1;/p-2/b2*10-9-;. The summed E-state index contributed by atoms with van der Waals surface area (Å²) in [6.07, 6.45) is 47.7. The number of aliphatic hydroxyl groups excluding tert-OH is 6. The lowest BCUT2D eigenvalue weighted by Gasteiger charge is -2.38. The van der Waals surface area contributed by atoms with Crippen LogP contribution in [0, 0.1) is 0 Å². The fourth-order valence-electron chi connectivity index (χ4n) is 8.39. The molecule has 0 saturated heterocycles. The number of aliphatic hydroxyl groups is 6. The minimum atomic E-state index is -5.17. The summed E-state index contributed by atoms with van der Waals surface area (Å²) in [5, 5.41) is 55.9. The van der Waals surface area contributed by atoms with Gasteiger partial charge in [0.2, 0.25) is 0 Å². The molecule has 380 valence electrons. The van der Waals surface area contributed by atoms with Gasteiger partial charge in [-0.2, -0.15) is 0 Å². The van der Waals surface area contributed by atoms with E-state index in [0.717, 1.165) is 60.8 Å². The average Bonchev–Trinajstić information content (AvgIpc) is 3.24. The summed E-state index contributed by atoms with van der Waals surface area (Å²) >= 11 is 0. The van der Waals surface area contributed by atoms with Crippen molar-refractivity contribution in [3.8, 4) is 0 Å². The number of rotatable bonds is 46. The van der Waals surface area contributed by atoms with Gasteiger partial charge < -0.3 is 48.7 Å². The summed E-state index contributed by atoms with van der Waals surface area (Å²) in [6.45, 7) is 12.0. The predicted molar refractivity (Wildman–Crippen MR) is 261 cm³/mol. The van der Waals surface area contributed by atoms with Crippen molar-refractivity contribution in [2.75, 3.05) is 92.0 Å². The van der Waals surface area contributed by atoms with E-state index in [1.807, 2.05) is 0 Å². The predicted octanol–water partition coefficient (Wildman–Crippen LogP) is 9.08. The van der Waals surface area contributed by atoms with Gasteiger partial charge in [0, 0.05) is 36.5 Å². The van der Waals surface area contributed by atoms with Crippen molar-refractivity contribution in [3.05, 3.63) is 24.3 Å². The first-order chi connectivity index (χ1) is 30.5. The molecule has 0 fully saturated rings. The minimum absolute atomic E-state index is 0.151. The summed E-state index contributed by atoms with van der Waals surface area (Å²) < 4.78 is 35.6. The Hall–Kier alpha value is -0.970. The van der Waals surface area contributed by atoms with Crippen LogP contribution in [0.25, 0.3) is 0 Å².